The fourth-order valence-electron chi connectivity index (χ4n) is 2.29. The van der Waals surface area contributed by atoms with E-state index in [9.17, 15) is 0 Å². The van der Waals surface area contributed by atoms with Gasteiger partial charge >= 0.3 is 0 Å². The van der Waals surface area contributed by atoms with E-state index in [1.54, 1.807) is 4.52 Å². The molecule has 1 N–H and O–H groups in total. The molecule has 6 heteroatoms. The SMILES string of the molecule is Cc1cc(NCc2ccccc2OCC(C)C)n2ncnc2n1. The number of aromatic nitrogens is 4. The zero-order valence-electron chi connectivity index (χ0n) is 13.7. The lowest BCUT2D eigenvalue weighted by atomic mass is 10.2. The number of nitrogens with one attached hydrogen (secondary N) is 1. The first-order valence-electron chi connectivity index (χ1n) is 7.75. The van der Waals surface area contributed by atoms with E-state index in [1.165, 1.54) is 6.33 Å². The molecule has 6 nitrogen and oxygen atoms in total. The number of para-hydroxylation sites is 1. The molecular formula is C17H21N5O. The fraction of sp³-hybridized carbons (Fsp3) is 0.353. The third kappa shape index (κ3) is 3.59. The zero-order valence-corrected chi connectivity index (χ0v) is 13.7. The van der Waals surface area contributed by atoms with E-state index in [4.69, 9.17) is 4.74 Å². The van der Waals surface area contributed by atoms with Crippen LogP contribution < -0.4 is 10.1 Å². The van der Waals surface area contributed by atoms with Crippen molar-refractivity contribution < 1.29 is 4.74 Å². The van der Waals surface area contributed by atoms with Crippen molar-refractivity contribution in [1.82, 2.24) is 19.6 Å². The monoisotopic (exact) mass is 311 g/mol. The number of aryl methyl sites for hydroxylation is 1. The largest absolute Gasteiger partial charge is 0.493 e. The standard InChI is InChI=1S/C17H21N5O/c1-12(2)10-23-15-7-5-4-6-14(15)9-18-16-8-13(3)21-17-19-11-20-22(16)17/h4-8,11-12,18H,9-10H2,1-3H3. The van der Waals surface area contributed by atoms with Gasteiger partial charge in [0, 0.05) is 23.9 Å². The van der Waals surface area contributed by atoms with Crippen LogP contribution in [0, 0.1) is 12.8 Å². The summed E-state index contributed by atoms with van der Waals surface area (Å²) < 4.78 is 7.60. The highest BCUT2D eigenvalue weighted by Crippen LogP contribution is 2.20. The van der Waals surface area contributed by atoms with Crippen molar-refractivity contribution in [2.45, 2.75) is 27.3 Å². The van der Waals surface area contributed by atoms with Crippen LogP contribution in [0.1, 0.15) is 25.1 Å². The van der Waals surface area contributed by atoms with Gasteiger partial charge in [0.15, 0.2) is 0 Å². The van der Waals surface area contributed by atoms with Crippen LogP contribution in [0.5, 0.6) is 5.75 Å². The van der Waals surface area contributed by atoms with Gasteiger partial charge in [-0.3, -0.25) is 0 Å². The Morgan fingerprint density at radius 3 is 2.91 bits per heavy atom. The predicted octanol–water partition coefficient (Wildman–Crippen LogP) is 3.08. The highest BCUT2D eigenvalue weighted by atomic mass is 16.5. The van der Waals surface area contributed by atoms with Crippen LogP contribution in [-0.2, 0) is 6.54 Å². The van der Waals surface area contributed by atoms with E-state index in [2.05, 4.69) is 40.3 Å². The average molecular weight is 311 g/mol. The molecule has 0 spiro atoms. The maximum atomic E-state index is 5.90. The smallest absolute Gasteiger partial charge is 0.254 e. The third-order valence-corrected chi connectivity index (χ3v) is 3.38. The van der Waals surface area contributed by atoms with E-state index in [0.717, 1.165) is 22.8 Å². The molecule has 0 amide bonds. The summed E-state index contributed by atoms with van der Waals surface area (Å²) in [4.78, 5) is 8.48. The molecule has 2 heterocycles. The van der Waals surface area contributed by atoms with Gasteiger partial charge in [-0.25, -0.2) is 4.98 Å². The van der Waals surface area contributed by atoms with Gasteiger partial charge in [0.2, 0.25) is 0 Å². The lowest BCUT2D eigenvalue weighted by Crippen LogP contribution is -2.10. The second-order valence-electron chi connectivity index (χ2n) is 5.92. The minimum absolute atomic E-state index is 0.494. The summed E-state index contributed by atoms with van der Waals surface area (Å²) in [5.41, 5.74) is 2.01. The number of hydrogen-bond acceptors (Lipinski definition) is 5. The molecule has 0 aliphatic carbocycles. The van der Waals surface area contributed by atoms with Crippen molar-refractivity contribution in [1.29, 1.82) is 0 Å². The Labute approximate surface area is 135 Å². The molecule has 120 valence electrons. The molecule has 1 aromatic carbocycles. The Balaban J connectivity index is 1.78. The first-order valence-corrected chi connectivity index (χ1v) is 7.75. The second kappa shape index (κ2) is 6.64. The number of nitrogens with zero attached hydrogens (tertiary/aromatic N) is 4. The van der Waals surface area contributed by atoms with Crippen LogP contribution in [0.2, 0.25) is 0 Å². The molecule has 0 aliphatic rings. The molecule has 0 atom stereocenters. The molecule has 0 bridgehead atoms. The molecule has 2 aromatic heterocycles. The van der Waals surface area contributed by atoms with Crippen LogP contribution >= 0.6 is 0 Å². The second-order valence-corrected chi connectivity index (χ2v) is 5.92. The van der Waals surface area contributed by atoms with Gasteiger partial charge in [0.25, 0.3) is 5.78 Å². The summed E-state index contributed by atoms with van der Waals surface area (Å²) in [6, 6.07) is 10.0. The number of fused-ring (bicyclic) bond motifs is 1. The molecule has 0 aliphatic heterocycles. The van der Waals surface area contributed by atoms with Crippen LogP contribution in [0.15, 0.2) is 36.7 Å². The Morgan fingerprint density at radius 2 is 2.09 bits per heavy atom. The lowest BCUT2D eigenvalue weighted by Gasteiger charge is -2.14. The number of ether oxygens (including phenoxy) is 1. The average Bonchev–Trinajstić information content (AvgIpc) is 2.99. The van der Waals surface area contributed by atoms with Crippen molar-refractivity contribution in [3.63, 3.8) is 0 Å². The van der Waals surface area contributed by atoms with Crippen LogP contribution in [0.25, 0.3) is 5.78 Å². The first-order chi connectivity index (χ1) is 11.1. The van der Waals surface area contributed by atoms with Crippen molar-refractivity contribution in [3.05, 3.63) is 47.9 Å². The maximum absolute atomic E-state index is 5.90. The van der Waals surface area contributed by atoms with Crippen molar-refractivity contribution >= 4 is 11.6 Å². The quantitative estimate of drug-likeness (QED) is 0.758. The van der Waals surface area contributed by atoms with Gasteiger partial charge in [0.1, 0.15) is 17.9 Å². The van der Waals surface area contributed by atoms with Gasteiger partial charge in [-0.05, 0) is 18.9 Å². The zero-order chi connectivity index (χ0) is 16.2. The highest BCUT2D eigenvalue weighted by Gasteiger charge is 2.08. The predicted molar refractivity (Wildman–Crippen MR) is 89.6 cm³/mol. The number of anilines is 1. The normalized spacial score (nSPS) is 11.1. The topological polar surface area (TPSA) is 64.3 Å². The van der Waals surface area contributed by atoms with Gasteiger partial charge in [-0.15, -0.1) is 0 Å². The summed E-state index contributed by atoms with van der Waals surface area (Å²) in [7, 11) is 0. The molecule has 0 saturated heterocycles. The lowest BCUT2D eigenvalue weighted by molar-refractivity contribution is 0.269. The Kier molecular flexibility index (Phi) is 4.41. The molecular weight excluding hydrogens is 290 g/mol. The van der Waals surface area contributed by atoms with Gasteiger partial charge in [-0.1, -0.05) is 32.0 Å². The molecule has 3 aromatic rings. The third-order valence-electron chi connectivity index (χ3n) is 3.38. The minimum atomic E-state index is 0.494. The van der Waals surface area contributed by atoms with Gasteiger partial charge in [-0.2, -0.15) is 14.6 Å². The van der Waals surface area contributed by atoms with E-state index in [1.807, 2.05) is 31.2 Å². The number of hydrogen-bond donors (Lipinski definition) is 1. The summed E-state index contributed by atoms with van der Waals surface area (Å²) in [6.07, 6.45) is 1.51. The Hall–Kier alpha value is -2.63. The molecule has 3 rings (SSSR count). The van der Waals surface area contributed by atoms with Crippen molar-refractivity contribution in [2.75, 3.05) is 11.9 Å². The van der Waals surface area contributed by atoms with E-state index in [-0.39, 0.29) is 0 Å². The maximum Gasteiger partial charge on any atom is 0.254 e. The molecule has 0 unspecified atom stereocenters. The van der Waals surface area contributed by atoms with Crippen molar-refractivity contribution in [3.8, 4) is 5.75 Å². The minimum Gasteiger partial charge on any atom is -0.493 e. The van der Waals surface area contributed by atoms with E-state index < -0.39 is 0 Å². The Morgan fingerprint density at radius 1 is 1.26 bits per heavy atom. The summed E-state index contributed by atoms with van der Waals surface area (Å²) >= 11 is 0. The van der Waals surface area contributed by atoms with Crippen LogP contribution in [0.4, 0.5) is 5.82 Å². The first kappa shape index (κ1) is 15.3. The van der Waals surface area contributed by atoms with Crippen LogP contribution in [0.3, 0.4) is 0 Å². The summed E-state index contributed by atoms with van der Waals surface area (Å²) in [6.45, 7) is 7.58. The van der Waals surface area contributed by atoms with Gasteiger partial charge < -0.3 is 10.1 Å². The fourth-order valence-corrected chi connectivity index (χ4v) is 2.29. The van der Waals surface area contributed by atoms with Crippen LogP contribution in [-0.4, -0.2) is 26.2 Å². The van der Waals surface area contributed by atoms with E-state index >= 15 is 0 Å². The van der Waals surface area contributed by atoms with Crippen molar-refractivity contribution in [2.24, 2.45) is 5.92 Å². The molecule has 0 radical (unpaired) electrons. The molecule has 0 fully saturated rings. The summed E-state index contributed by atoms with van der Waals surface area (Å²) in [5.74, 6) is 2.86. The highest BCUT2D eigenvalue weighted by molar-refractivity contribution is 5.46. The van der Waals surface area contributed by atoms with E-state index in [0.29, 0.717) is 24.8 Å². The number of benzene rings is 1. The van der Waals surface area contributed by atoms with Gasteiger partial charge in [0.05, 0.1) is 6.61 Å². The number of rotatable bonds is 6. The summed E-state index contributed by atoms with van der Waals surface area (Å²) in [5, 5.41) is 7.60. The Bertz CT molecular complexity index is 797. The molecule has 0 saturated carbocycles. The molecule has 23 heavy (non-hydrogen) atoms.